The summed E-state index contributed by atoms with van der Waals surface area (Å²) < 4.78 is 113. The average Bonchev–Trinajstić information content (AvgIpc) is 3.64. The Morgan fingerprint density at radius 2 is 1.42 bits per heavy atom. The molecule has 0 aliphatic carbocycles. The molecule has 0 saturated carbocycles. The van der Waals surface area contributed by atoms with Crippen LogP contribution in [-0.4, -0.2) is 19.6 Å². The van der Waals surface area contributed by atoms with Gasteiger partial charge in [-0.3, -0.25) is 9.55 Å². The van der Waals surface area contributed by atoms with Crippen molar-refractivity contribution in [3.8, 4) is 67.5 Å². The fourth-order valence-corrected chi connectivity index (χ4v) is 6.35. The summed E-state index contributed by atoms with van der Waals surface area (Å²) in [6, 6.07) is 27.9. The topological polar surface area (TPSA) is 50.9 Å². The Hall–Kier alpha value is -6.26. The number of phenols is 1. The predicted octanol–water partition coefficient (Wildman–Crippen LogP) is 12.4. The smallest absolute Gasteiger partial charge is 0.149 e. The van der Waals surface area contributed by atoms with Gasteiger partial charge in [0, 0.05) is 31.2 Å². The van der Waals surface area contributed by atoms with Gasteiger partial charge in [-0.05, 0) is 113 Å². The molecule has 8 rings (SSSR count). The number of aryl methyl sites for hydroxylation is 1. The molecule has 2 heterocycles. The summed E-state index contributed by atoms with van der Waals surface area (Å²) in [5.41, 5.74) is 3.35. The van der Waals surface area contributed by atoms with Crippen molar-refractivity contribution >= 4 is 11.0 Å². The SMILES string of the molecule is [2H]c1nc(-c2cc(-c3cccc4c3nc(-c3ccccc3O)n4-c3ccc(-c4ccccc4)c(C([2H])([2H])[2H])c3)cc(C(C)(C)C)c2)c([2H])c(-c2c([2H])c([2H])c(C([2H])([2H])[2H])c([2H])c2[2H])c1[2H]. The molecule has 8 aromatic rings. The van der Waals surface area contributed by atoms with Crippen molar-refractivity contribution in [3.63, 3.8) is 0 Å². The first-order valence-electron chi connectivity index (χ1n) is 23.2. The second-order valence-corrected chi connectivity index (χ2v) is 13.6. The first-order chi connectivity index (χ1) is 30.5. The molecule has 52 heavy (non-hydrogen) atoms. The number of para-hydroxylation sites is 2. The molecule has 0 bridgehead atoms. The lowest BCUT2D eigenvalue weighted by molar-refractivity contribution is 0.477. The van der Waals surface area contributed by atoms with Gasteiger partial charge in [0.1, 0.15) is 11.6 Å². The molecule has 0 fully saturated rings. The lowest BCUT2D eigenvalue weighted by Gasteiger charge is -2.22. The Morgan fingerprint density at radius 3 is 2.19 bits per heavy atom. The van der Waals surface area contributed by atoms with Crippen LogP contribution < -0.4 is 0 Å². The van der Waals surface area contributed by atoms with Crippen molar-refractivity contribution in [2.45, 2.75) is 39.9 Å². The van der Waals surface area contributed by atoms with Gasteiger partial charge in [0.2, 0.25) is 0 Å². The molecule has 0 aliphatic heterocycles. The van der Waals surface area contributed by atoms with E-state index in [0.717, 1.165) is 11.1 Å². The number of phenolic OH excluding ortho intramolecular Hbond substituents is 1. The van der Waals surface area contributed by atoms with Crippen molar-refractivity contribution < 1.29 is 22.9 Å². The Morgan fingerprint density at radius 1 is 0.654 bits per heavy atom. The second-order valence-electron chi connectivity index (χ2n) is 13.6. The molecule has 0 spiro atoms. The van der Waals surface area contributed by atoms with Crippen LogP contribution in [0.3, 0.4) is 0 Å². The summed E-state index contributed by atoms with van der Waals surface area (Å²) in [6.07, 6.45) is -0.603. The molecule has 0 atom stereocenters. The first-order valence-corrected chi connectivity index (χ1v) is 16.7. The van der Waals surface area contributed by atoms with Gasteiger partial charge >= 0.3 is 0 Å². The lowest BCUT2D eigenvalue weighted by Crippen LogP contribution is -2.11. The van der Waals surface area contributed by atoms with Crippen LogP contribution in [0.5, 0.6) is 5.75 Å². The molecule has 0 saturated heterocycles. The molecule has 6 aromatic carbocycles. The fourth-order valence-electron chi connectivity index (χ4n) is 6.35. The third kappa shape index (κ3) is 6.18. The van der Waals surface area contributed by atoms with Crippen LogP contribution in [0.1, 0.15) is 55.3 Å². The molecule has 4 heteroatoms. The van der Waals surface area contributed by atoms with Crippen molar-refractivity contribution in [2.75, 3.05) is 0 Å². The monoisotopic (exact) mass is 688 g/mol. The van der Waals surface area contributed by atoms with Crippen LogP contribution in [0.15, 0.2) is 152 Å². The van der Waals surface area contributed by atoms with Gasteiger partial charge in [-0.2, -0.15) is 0 Å². The van der Waals surface area contributed by atoms with E-state index in [-0.39, 0.29) is 17.0 Å². The number of hydrogen-bond donors (Lipinski definition) is 1. The highest BCUT2D eigenvalue weighted by atomic mass is 16.3. The van der Waals surface area contributed by atoms with E-state index in [0.29, 0.717) is 50.4 Å². The summed E-state index contributed by atoms with van der Waals surface area (Å²) in [5, 5.41) is 11.2. The number of hydrogen-bond acceptors (Lipinski definition) is 3. The van der Waals surface area contributed by atoms with E-state index in [1.54, 1.807) is 53.1 Å². The van der Waals surface area contributed by atoms with Crippen LogP contribution in [0.2, 0.25) is 0 Å². The fraction of sp³-hybridized carbons (Fsp3) is 0.125. The Bertz CT molecular complexity index is 3180. The van der Waals surface area contributed by atoms with E-state index in [2.05, 4.69) is 4.98 Å². The standard InChI is InChI=1S/C48H41N3O/c1-31-18-20-33(21-19-31)35-24-25-49-43(30-35)37-27-36(28-38(29-37)48(3,4)5)41-15-11-16-44-46(41)50-47(42-14-9-10-17-45(42)52)51(44)39-22-23-40(32(2)26-39)34-12-7-6-8-13-34/h6-30,52H,1-5H3/i1D3,2D3,18D,19D,20D,21D,24D,25D,30D. The number of rotatable bonds is 6. The summed E-state index contributed by atoms with van der Waals surface area (Å²) in [5.74, 6) is 0.277. The molecule has 2 aromatic heterocycles. The van der Waals surface area contributed by atoms with E-state index in [1.807, 2.05) is 81.4 Å². The van der Waals surface area contributed by atoms with Gasteiger partial charge < -0.3 is 5.11 Å². The molecule has 254 valence electrons. The lowest BCUT2D eigenvalue weighted by atomic mass is 9.83. The quantitative estimate of drug-likeness (QED) is 0.189. The number of fused-ring (bicyclic) bond motifs is 1. The minimum Gasteiger partial charge on any atom is -0.507 e. The van der Waals surface area contributed by atoms with Crippen LogP contribution >= 0.6 is 0 Å². The molecular weight excluding hydrogens is 635 g/mol. The molecule has 1 N–H and O–H groups in total. The van der Waals surface area contributed by atoms with Crippen molar-refractivity contribution in [2.24, 2.45) is 0 Å². The van der Waals surface area contributed by atoms with Crippen LogP contribution in [-0.2, 0) is 5.41 Å². The average molecular weight is 689 g/mol. The molecule has 0 radical (unpaired) electrons. The summed E-state index contributed by atoms with van der Waals surface area (Å²) in [7, 11) is 0. The summed E-state index contributed by atoms with van der Waals surface area (Å²) >= 11 is 0. The molecule has 0 aliphatic rings. The Balaban J connectivity index is 1.40. The predicted molar refractivity (Wildman–Crippen MR) is 216 cm³/mol. The zero-order chi connectivity index (χ0) is 47.1. The van der Waals surface area contributed by atoms with Gasteiger partial charge in [-0.1, -0.05) is 117 Å². The third-order valence-electron chi connectivity index (χ3n) is 9.03. The van der Waals surface area contributed by atoms with Crippen LogP contribution in [0.4, 0.5) is 0 Å². The largest absolute Gasteiger partial charge is 0.507 e. The molecule has 0 amide bonds. The summed E-state index contributed by atoms with van der Waals surface area (Å²) in [6.45, 7) is 0.492. The Kier molecular flexibility index (Phi) is 5.35. The van der Waals surface area contributed by atoms with Gasteiger partial charge in [-0.15, -0.1) is 0 Å². The maximum absolute atomic E-state index is 11.2. The van der Waals surface area contributed by atoms with Crippen molar-refractivity contribution in [1.29, 1.82) is 0 Å². The van der Waals surface area contributed by atoms with Gasteiger partial charge in [0.15, 0.2) is 0 Å². The van der Waals surface area contributed by atoms with Gasteiger partial charge in [0.25, 0.3) is 0 Å². The van der Waals surface area contributed by atoms with E-state index in [4.69, 9.17) is 21.4 Å². The number of pyridine rings is 1. The Labute approximate surface area is 324 Å². The highest BCUT2D eigenvalue weighted by Crippen LogP contribution is 2.40. The van der Waals surface area contributed by atoms with Crippen molar-refractivity contribution in [3.05, 3.63) is 168 Å². The minimum atomic E-state index is -2.98. The van der Waals surface area contributed by atoms with E-state index in [1.165, 1.54) is 0 Å². The van der Waals surface area contributed by atoms with Crippen molar-refractivity contribution in [1.82, 2.24) is 14.5 Å². The normalized spacial score (nSPS) is 15.7. The van der Waals surface area contributed by atoms with E-state index >= 15 is 0 Å². The second kappa shape index (κ2) is 13.1. The summed E-state index contributed by atoms with van der Waals surface area (Å²) in [4.78, 5) is 9.52. The highest BCUT2D eigenvalue weighted by Gasteiger charge is 2.22. The van der Waals surface area contributed by atoms with E-state index in [9.17, 15) is 6.48 Å². The van der Waals surface area contributed by atoms with Gasteiger partial charge in [-0.25, -0.2) is 4.98 Å². The zero-order valence-electron chi connectivity index (χ0n) is 41.7. The number of benzene rings is 6. The van der Waals surface area contributed by atoms with Gasteiger partial charge in [0.05, 0.1) is 31.9 Å². The van der Waals surface area contributed by atoms with Crippen LogP contribution in [0, 0.1) is 13.7 Å². The minimum absolute atomic E-state index is 0.0525. The molecule has 0 unspecified atom stereocenters. The molecule has 4 nitrogen and oxygen atoms in total. The number of aromatic nitrogens is 3. The number of nitrogens with zero attached hydrogens (tertiary/aromatic N) is 3. The maximum Gasteiger partial charge on any atom is 0.149 e. The third-order valence-corrected chi connectivity index (χ3v) is 9.03. The van der Waals surface area contributed by atoms with E-state index < -0.39 is 78.2 Å². The van der Waals surface area contributed by atoms with Crippen LogP contribution in [0.25, 0.3) is 72.7 Å². The maximum atomic E-state index is 11.2. The highest BCUT2D eigenvalue weighted by molar-refractivity contribution is 5.97. The first kappa shape index (κ1) is 21.2. The molecular formula is C48H41N3O. The number of aromatic hydroxyl groups is 1. The zero-order valence-corrected chi connectivity index (χ0v) is 28.7. The number of imidazole rings is 1.